The van der Waals surface area contributed by atoms with E-state index in [2.05, 4.69) is 42.2 Å². The van der Waals surface area contributed by atoms with E-state index < -0.39 is 0 Å². The van der Waals surface area contributed by atoms with Gasteiger partial charge >= 0.3 is 0 Å². The van der Waals surface area contributed by atoms with Crippen LogP contribution in [0.3, 0.4) is 0 Å². The van der Waals surface area contributed by atoms with Crippen molar-refractivity contribution in [3.63, 3.8) is 0 Å². The third-order valence-electron chi connectivity index (χ3n) is 1.34. The molecular weight excluding hydrogens is 235 g/mol. The Balaban J connectivity index is 3.24. The Hall–Kier alpha value is 0.210. The average molecular weight is 250 g/mol. The van der Waals surface area contributed by atoms with E-state index in [1.54, 1.807) is 0 Å². The zero-order valence-corrected chi connectivity index (χ0v) is 8.73. The predicted octanol–water partition coefficient (Wildman–Crippen LogP) is 4.07. The second kappa shape index (κ2) is 7.32. The first-order valence-corrected chi connectivity index (χ1v) is 4.87. The molecule has 0 spiro atoms. The molecule has 1 heteroatoms. The molecule has 0 aromatic carbocycles. The largest absolute Gasteiger partial charge is 0.0980 e. The summed E-state index contributed by atoms with van der Waals surface area (Å²) in [5.74, 6) is 0. The third-order valence-corrected chi connectivity index (χ3v) is 2.22. The summed E-state index contributed by atoms with van der Waals surface area (Å²) in [7, 11) is 0. The number of unbranched alkanes of at least 4 members (excludes halogenated alkanes) is 3. The lowest BCUT2D eigenvalue weighted by Crippen LogP contribution is -1.71. The van der Waals surface area contributed by atoms with Gasteiger partial charge in [-0.3, -0.25) is 0 Å². The van der Waals surface area contributed by atoms with Gasteiger partial charge in [-0.2, -0.15) is 0 Å². The Labute approximate surface area is 77.5 Å². The van der Waals surface area contributed by atoms with Crippen molar-refractivity contribution >= 4 is 22.6 Å². The maximum absolute atomic E-state index is 3.68. The first kappa shape index (κ1) is 10.2. The van der Waals surface area contributed by atoms with Gasteiger partial charge in [-0.15, -0.1) is 0 Å². The quantitative estimate of drug-likeness (QED) is 0.392. The van der Waals surface area contributed by atoms with Crippen molar-refractivity contribution in [2.75, 3.05) is 0 Å². The molecule has 0 nitrogen and oxygen atoms in total. The van der Waals surface area contributed by atoms with Gasteiger partial charge in [0.15, 0.2) is 0 Å². The van der Waals surface area contributed by atoms with Crippen molar-refractivity contribution in [1.29, 1.82) is 0 Å². The van der Waals surface area contributed by atoms with E-state index in [-0.39, 0.29) is 0 Å². The predicted molar refractivity (Wildman–Crippen MR) is 56.4 cm³/mol. The van der Waals surface area contributed by atoms with Gasteiger partial charge in [-0.25, -0.2) is 0 Å². The summed E-state index contributed by atoms with van der Waals surface area (Å²) in [5, 5.41) is 0. The molecule has 0 saturated carbocycles. The maximum atomic E-state index is 3.68. The molecule has 0 unspecified atom stereocenters. The molecule has 0 aliphatic rings. The lowest BCUT2D eigenvalue weighted by atomic mass is 10.2. The van der Waals surface area contributed by atoms with Crippen LogP contribution in [-0.4, -0.2) is 0 Å². The first-order chi connectivity index (χ1) is 4.81. The Morgan fingerprint density at radius 3 is 2.70 bits per heavy atom. The van der Waals surface area contributed by atoms with E-state index in [9.17, 15) is 0 Å². The molecule has 0 saturated heterocycles. The zero-order chi connectivity index (χ0) is 7.82. The summed E-state index contributed by atoms with van der Waals surface area (Å²) in [4.78, 5) is 0. The Bertz CT molecular complexity index is 114. The van der Waals surface area contributed by atoms with E-state index in [4.69, 9.17) is 0 Å². The fraction of sp³-hybridized carbons (Fsp3) is 0.556. The molecule has 58 valence electrons. The number of allylic oxidation sites excluding steroid dienone is 3. The highest BCUT2D eigenvalue weighted by Crippen LogP contribution is 2.09. The average Bonchev–Trinajstić information content (AvgIpc) is 1.98. The molecule has 0 atom stereocenters. The molecule has 0 aliphatic carbocycles. The summed E-state index contributed by atoms with van der Waals surface area (Å²) in [6, 6.07) is 0. The SMILES string of the molecule is C=C/C(I)=C/CCCCC. The number of hydrogen-bond acceptors (Lipinski definition) is 0. The van der Waals surface area contributed by atoms with Crippen molar-refractivity contribution in [1.82, 2.24) is 0 Å². The molecule has 0 radical (unpaired) electrons. The lowest BCUT2D eigenvalue weighted by molar-refractivity contribution is 0.729. The summed E-state index contributed by atoms with van der Waals surface area (Å²) in [6.45, 7) is 5.91. The third kappa shape index (κ3) is 6.33. The van der Waals surface area contributed by atoms with Crippen molar-refractivity contribution in [3.8, 4) is 0 Å². The second-order valence-corrected chi connectivity index (χ2v) is 3.53. The highest BCUT2D eigenvalue weighted by atomic mass is 127. The molecule has 0 fully saturated rings. The monoisotopic (exact) mass is 250 g/mol. The van der Waals surface area contributed by atoms with E-state index in [0.29, 0.717) is 0 Å². The van der Waals surface area contributed by atoms with Crippen LogP contribution in [-0.2, 0) is 0 Å². The highest BCUT2D eigenvalue weighted by Gasteiger charge is 1.83. The summed E-state index contributed by atoms with van der Waals surface area (Å²) in [6.07, 6.45) is 9.31. The van der Waals surface area contributed by atoms with E-state index in [1.165, 1.54) is 29.3 Å². The summed E-state index contributed by atoms with van der Waals surface area (Å²) < 4.78 is 1.27. The molecule has 0 heterocycles. The van der Waals surface area contributed by atoms with E-state index in [0.717, 1.165) is 0 Å². The maximum Gasteiger partial charge on any atom is 0.00840 e. The first-order valence-electron chi connectivity index (χ1n) is 3.79. The van der Waals surface area contributed by atoms with Crippen LogP contribution in [0.15, 0.2) is 22.3 Å². The van der Waals surface area contributed by atoms with Crippen LogP contribution < -0.4 is 0 Å². The molecular formula is C9H15I. The van der Waals surface area contributed by atoms with Crippen molar-refractivity contribution in [2.45, 2.75) is 32.6 Å². The van der Waals surface area contributed by atoms with Gasteiger partial charge in [-0.1, -0.05) is 38.5 Å². The molecule has 0 aromatic heterocycles. The van der Waals surface area contributed by atoms with Crippen LogP contribution in [0.4, 0.5) is 0 Å². The number of hydrogen-bond donors (Lipinski definition) is 0. The van der Waals surface area contributed by atoms with Gasteiger partial charge in [0, 0.05) is 3.58 Å². The number of halogens is 1. The minimum atomic E-state index is 1.21. The number of rotatable bonds is 5. The minimum Gasteiger partial charge on any atom is -0.0980 e. The molecule has 0 aliphatic heterocycles. The molecule has 10 heavy (non-hydrogen) atoms. The van der Waals surface area contributed by atoms with Crippen molar-refractivity contribution in [3.05, 3.63) is 22.3 Å². The van der Waals surface area contributed by atoms with E-state index >= 15 is 0 Å². The fourth-order valence-corrected chi connectivity index (χ4v) is 1.03. The highest BCUT2D eigenvalue weighted by molar-refractivity contribution is 14.1. The molecule has 0 aromatic rings. The van der Waals surface area contributed by atoms with Crippen LogP contribution in [0.5, 0.6) is 0 Å². The fourth-order valence-electron chi connectivity index (χ4n) is 0.718. The smallest absolute Gasteiger partial charge is 0.00840 e. The van der Waals surface area contributed by atoms with Gasteiger partial charge in [0.05, 0.1) is 0 Å². The lowest BCUT2D eigenvalue weighted by Gasteiger charge is -1.92. The van der Waals surface area contributed by atoms with Gasteiger partial charge in [0.1, 0.15) is 0 Å². The second-order valence-electron chi connectivity index (χ2n) is 2.29. The summed E-state index contributed by atoms with van der Waals surface area (Å²) >= 11 is 2.30. The normalized spacial score (nSPS) is 11.6. The van der Waals surface area contributed by atoms with Gasteiger partial charge in [-0.05, 0) is 35.4 Å². The van der Waals surface area contributed by atoms with Crippen LogP contribution in [0.1, 0.15) is 32.6 Å². The van der Waals surface area contributed by atoms with E-state index in [1.807, 2.05) is 6.08 Å². The van der Waals surface area contributed by atoms with Gasteiger partial charge in [0.2, 0.25) is 0 Å². The van der Waals surface area contributed by atoms with Gasteiger partial charge < -0.3 is 0 Å². The molecule has 0 N–H and O–H groups in total. The minimum absolute atomic E-state index is 1.21. The summed E-state index contributed by atoms with van der Waals surface area (Å²) in [5.41, 5.74) is 0. The molecule has 0 bridgehead atoms. The van der Waals surface area contributed by atoms with Crippen LogP contribution in [0.2, 0.25) is 0 Å². The molecule has 0 rings (SSSR count). The molecule has 0 amide bonds. The van der Waals surface area contributed by atoms with Crippen molar-refractivity contribution < 1.29 is 0 Å². The van der Waals surface area contributed by atoms with Gasteiger partial charge in [0.25, 0.3) is 0 Å². The van der Waals surface area contributed by atoms with Crippen LogP contribution in [0.25, 0.3) is 0 Å². The Kier molecular flexibility index (Phi) is 7.47. The van der Waals surface area contributed by atoms with Crippen LogP contribution in [0, 0.1) is 0 Å². The zero-order valence-electron chi connectivity index (χ0n) is 6.57. The van der Waals surface area contributed by atoms with Crippen LogP contribution >= 0.6 is 22.6 Å². The van der Waals surface area contributed by atoms with Crippen molar-refractivity contribution in [2.24, 2.45) is 0 Å². The Morgan fingerprint density at radius 2 is 2.20 bits per heavy atom. The Morgan fingerprint density at radius 1 is 1.50 bits per heavy atom. The topological polar surface area (TPSA) is 0 Å². The standard InChI is InChI=1S/C9H15I/c1-3-5-6-7-8-9(10)4-2/h4,8H,2-3,5-7H2,1H3/b9-8-.